The highest BCUT2D eigenvalue weighted by Crippen LogP contribution is 2.39. The minimum atomic E-state index is -3.56. The van der Waals surface area contributed by atoms with Gasteiger partial charge in [0, 0.05) is 12.6 Å². The van der Waals surface area contributed by atoms with Gasteiger partial charge in [0.05, 0.1) is 25.2 Å². The third kappa shape index (κ3) is 2.80. The molecule has 3 rings (SSSR count). The van der Waals surface area contributed by atoms with E-state index >= 15 is 0 Å². The zero-order chi connectivity index (χ0) is 16.4. The third-order valence-electron chi connectivity index (χ3n) is 4.12. The largest absolute Gasteiger partial charge is 0.493 e. The van der Waals surface area contributed by atoms with Crippen molar-refractivity contribution in [3.63, 3.8) is 0 Å². The van der Waals surface area contributed by atoms with Gasteiger partial charge < -0.3 is 9.47 Å². The number of benzene rings is 2. The molecule has 1 fully saturated rings. The zero-order valence-electron chi connectivity index (χ0n) is 13.1. The van der Waals surface area contributed by atoms with Crippen molar-refractivity contribution < 1.29 is 17.9 Å². The maximum Gasteiger partial charge on any atom is 0.243 e. The molecule has 23 heavy (non-hydrogen) atoms. The lowest BCUT2D eigenvalue weighted by atomic mass is 9.98. The highest BCUT2D eigenvalue weighted by molar-refractivity contribution is 7.89. The third-order valence-corrected chi connectivity index (χ3v) is 6.02. The molecule has 2 aromatic rings. The molecule has 122 valence electrons. The maximum absolute atomic E-state index is 12.9. The van der Waals surface area contributed by atoms with E-state index < -0.39 is 10.0 Å². The second kappa shape index (κ2) is 6.22. The summed E-state index contributed by atoms with van der Waals surface area (Å²) in [5.41, 5.74) is 1.02. The molecular formula is C17H19NO4S. The van der Waals surface area contributed by atoms with Gasteiger partial charge in [-0.15, -0.1) is 0 Å². The standard InChI is InChI=1S/C17H19NO4S/c1-21-16-9-8-14(12-17(16)22-2)23(19,20)18-11-10-15(18)13-6-4-3-5-7-13/h3-9,12,15H,10-11H2,1-2H3. The molecule has 1 heterocycles. The smallest absolute Gasteiger partial charge is 0.243 e. The van der Waals surface area contributed by atoms with Gasteiger partial charge in [0.1, 0.15) is 0 Å². The van der Waals surface area contributed by atoms with Gasteiger partial charge in [0.2, 0.25) is 10.0 Å². The van der Waals surface area contributed by atoms with Crippen molar-refractivity contribution in [1.82, 2.24) is 4.31 Å². The maximum atomic E-state index is 12.9. The molecule has 0 aromatic heterocycles. The summed E-state index contributed by atoms with van der Waals surface area (Å²) in [7, 11) is -0.548. The van der Waals surface area contributed by atoms with Crippen molar-refractivity contribution in [2.75, 3.05) is 20.8 Å². The molecule has 5 nitrogen and oxygen atoms in total. The normalized spacial score (nSPS) is 18.3. The Balaban J connectivity index is 1.93. The first kappa shape index (κ1) is 15.8. The first-order valence-corrected chi connectivity index (χ1v) is 8.80. The number of methoxy groups -OCH3 is 2. The van der Waals surface area contributed by atoms with Crippen LogP contribution in [0.5, 0.6) is 11.5 Å². The summed E-state index contributed by atoms with van der Waals surface area (Å²) in [4.78, 5) is 0.218. The average Bonchev–Trinajstić information content (AvgIpc) is 2.53. The number of rotatable bonds is 5. The highest BCUT2D eigenvalue weighted by Gasteiger charge is 2.39. The van der Waals surface area contributed by atoms with Crippen LogP contribution in [0.25, 0.3) is 0 Å². The summed E-state index contributed by atoms with van der Waals surface area (Å²) >= 11 is 0. The molecule has 0 bridgehead atoms. The van der Waals surface area contributed by atoms with E-state index in [0.717, 1.165) is 12.0 Å². The Morgan fingerprint density at radius 2 is 1.70 bits per heavy atom. The Hall–Kier alpha value is -2.05. The number of ether oxygens (including phenoxy) is 2. The molecule has 1 atom stereocenters. The molecule has 0 saturated carbocycles. The predicted molar refractivity (Wildman–Crippen MR) is 87.2 cm³/mol. The van der Waals surface area contributed by atoms with Gasteiger partial charge in [0.15, 0.2) is 11.5 Å². The van der Waals surface area contributed by atoms with E-state index in [-0.39, 0.29) is 10.9 Å². The minimum Gasteiger partial charge on any atom is -0.493 e. The SMILES string of the molecule is COc1ccc(S(=O)(=O)N2CCC2c2ccccc2)cc1OC. The van der Waals surface area contributed by atoms with Gasteiger partial charge in [-0.2, -0.15) is 4.31 Å². The number of nitrogens with zero attached hydrogens (tertiary/aromatic N) is 1. The number of hydrogen-bond donors (Lipinski definition) is 0. The molecule has 6 heteroatoms. The fraction of sp³-hybridized carbons (Fsp3) is 0.294. The molecule has 0 N–H and O–H groups in total. The monoisotopic (exact) mass is 333 g/mol. The van der Waals surface area contributed by atoms with E-state index in [1.807, 2.05) is 30.3 Å². The first-order valence-electron chi connectivity index (χ1n) is 7.36. The van der Waals surface area contributed by atoms with E-state index in [1.54, 1.807) is 12.1 Å². The topological polar surface area (TPSA) is 55.8 Å². The zero-order valence-corrected chi connectivity index (χ0v) is 13.9. The van der Waals surface area contributed by atoms with Crippen LogP contribution in [-0.2, 0) is 10.0 Å². The lowest BCUT2D eigenvalue weighted by molar-refractivity contribution is 0.202. The summed E-state index contributed by atoms with van der Waals surface area (Å²) in [6, 6.07) is 14.3. The van der Waals surface area contributed by atoms with Crippen LogP contribution in [0.15, 0.2) is 53.4 Å². The summed E-state index contributed by atoms with van der Waals surface area (Å²) in [5, 5.41) is 0. The summed E-state index contributed by atoms with van der Waals surface area (Å²) < 4.78 is 37.7. The first-order chi connectivity index (χ1) is 11.1. The molecule has 0 aliphatic carbocycles. The predicted octanol–water partition coefficient (Wildman–Crippen LogP) is 2.84. The fourth-order valence-corrected chi connectivity index (χ4v) is 4.45. The molecule has 1 unspecified atom stereocenters. The second-order valence-electron chi connectivity index (χ2n) is 5.35. The molecule has 1 aliphatic rings. The molecule has 2 aromatic carbocycles. The van der Waals surface area contributed by atoms with Crippen LogP contribution in [0.2, 0.25) is 0 Å². The molecule has 0 amide bonds. The fourth-order valence-electron chi connectivity index (χ4n) is 2.77. The molecule has 1 aliphatic heterocycles. The van der Waals surface area contributed by atoms with Gasteiger partial charge in [-0.3, -0.25) is 0 Å². The van der Waals surface area contributed by atoms with Crippen molar-refractivity contribution in [3.8, 4) is 11.5 Å². The Bertz CT molecular complexity index is 789. The molecule has 0 spiro atoms. The summed E-state index contributed by atoms with van der Waals surface area (Å²) in [6.45, 7) is 0.524. The van der Waals surface area contributed by atoms with E-state index in [9.17, 15) is 8.42 Å². The lowest BCUT2D eigenvalue weighted by Gasteiger charge is -2.40. The van der Waals surface area contributed by atoms with Crippen LogP contribution in [0, 0.1) is 0 Å². The van der Waals surface area contributed by atoms with Crippen LogP contribution in [0.3, 0.4) is 0 Å². The van der Waals surface area contributed by atoms with Gasteiger partial charge in [0.25, 0.3) is 0 Å². The minimum absolute atomic E-state index is 0.103. The van der Waals surface area contributed by atoms with Crippen molar-refractivity contribution in [3.05, 3.63) is 54.1 Å². The van der Waals surface area contributed by atoms with E-state index in [2.05, 4.69) is 0 Å². The number of hydrogen-bond acceptors (Lipinski definition) is 4. The van der Waals surface area contributed by atoms with Gasteiger partial charge in [-0.1, -0.05) is 30.3 Å². The van der Waals surface area contributed by atoms with E-state index in [0.29, 0.717) is 18.0 Å². The van der Waals surface area contributed by atoms with Crippen molar-refractivity contribution in [1.29, 1.82) is 0 Å². The van der Waals surface area contributed by atoms with Crippen LogP contribution in [-0.4, -0.2) is 33.5 Å². The lowest BCUT2D eigenvalue weighted by Crippen LogP contribution is -2.44. The Kier molecular flexibility index (Phi) is 4.28. The van der Waals surface area contributed by atoms with Crippen molar-refractivity contribution >= 4 is 10.0 Å². The highest BCUT2D eigenvalue weighted by atomic mass is 32.2. The van der Waals surface area contributed by atoms with Crippen LogP contribution < -0.4 is 9.47 Å². The van der Waals surface area contributed by atoms with Gasteiger partial charge >= 0.3 is 0 Å². The average molecular weight is 333 g/mol. The van der Waals surface area contributed by atoms with Gasteiger partial charge in [-0.05, 0) is 24.1 Å². The Morgan fingerprint density at radius 3 is 2.26 bits per heavy atom. The van der Waals surface area contributed by atoms with Gasteiger partial charge in [-0.25, -0.2) is 8.42 Å². The Labute approximate surface area is 136 Å². The van der Waals surface area contributed by atoms with Crippen molar-refractivity contribution in [2.24, 2.45) is 0 Å². The Morgan fingerprint density at radius 1 is 1.00 bits per heavy atom. The summed E-state index contributed by atoms with van der Waals surface area (Å²) in [6.07, 6.45) is 0.830. The quantitative estimate of drug-likeness (QED) is 0.844. The molecule has 0 radical (unpaired) electrons. The van der Waals surface area contributed by atoms with E-state index in [1.165, 1.54) is 24.6 Å². The number of sulfonamides is 1. The van der Waals surface area contributed by atoms with Crippen LogP contribution in [0.4, 0.5) is 0 Å². The van der Waals surface area contributed by atoms with Crippen molar-refractivity contribution in [2.45, 2.75) is 17.4 Å². The molecular weight excluding hydrogens is 314 g/mol. The second-order valence-corrected chi connectivity index (χ2v) is 7.24. The van der Waals surface area contributed by atoms with E-state index in [4.69, 9.17) is 9.47 Å². The summed E-state index contributed by atoms with van der Waals surface area (Å²) in [5.74, 6) is 0.917. The van der Waals surface area contributed by atoms with Crippen LogP contribution >= 0.6 is 0 Å². The van der Waals surface area contributed by atoms with Crippen LogP contribution in [0.1, 0.15) is 18.0 Å². The molecule has 1 saturated heterocycles.